The maximum Gasteiger partial charge on any atom is 0.243 e. The second-order valence-corrected chi connectivity index (χ2v) is 6.63. The Balaban J connectivity index is 2.21. The Hall–Kier alpha value is -1.37. The van der Waals surface area contributed by atoms with E-state index in [1.54, 1.807) is 25.1 Å². The summed E-state index contributed by atoms with van der Waals surface area (Å²) in [5.41, 5.74) is 0.567. The van der Waals surface area contributed by atoms with Gasteiger partial charge in [0.25, 0.3) is 0 Å². The van der Waals surface area contributed by atoms with E-state index in [1.165, 1.54) is 23.5 Å². The molecule has 1 heterocycles. The summed E-state index contributed by atoms with van der Waals surface area (Å²) in [6.45, 7) is 1.91. The lowest BCUT2D eigenvalue weighted by molar-refractivity contribution is 0.378. The average molecular weight is 301 g/mol. The first kappa shape index (κ1) is 14.0. The van der Waals surface area contributed by atoms with Crippen molar-refractivity contribution in [3.8, 4) is 0 Å². The number of hydrogen-bond donors (Lipinski definition) is 0. The number of aryl methyl sites for hydroxylation is 1. The fourth-order valence-corrected chi connectivity index (χ4v) is 2.86. The van der Waals surface area contributed by atoms with Crippen LogP contribution in [0.15, 0.2) is 39.8 Å². The van der Waals surface area contributed by atoms with Gasteiger partial charge in [-0.25, -0.2) is 8.42 Å². The number of sulfonamides is 1. The minimum absolute atomic E-state index is 0.155. The molecule has 0 saturated carbocycles. The molecule has 0 aliphatic rings. The molecule has 0 N–H and O–H groups in total. The maximum absolute atomic E-state index is 12.3. The van der Waals surface area contributed by atoms with Crippen LogP contribution in [0.25, 0.3) is 0 Å². The summed E-state index contributed by atoms with van der Waals surface area (Å²) in [7, 11) is -2.06. The monoisotopic (exact) mass is 300 g/mol. The molecular weight excluding hydrogens is 288 g/mol. The van der Waals surface area contributed by atoms with Crippen LogP contribution in [0.5, 0.6) is 0 Å². The number of benzene rings is 1. The van der Waals surface area contributed by atoms with E-state index in [0.717, 1.165) is 0 Å². The minimum atomic E-state index is -3.55. The molecule has 2 aromatic rings. The van der Waals surface area contributed by atoms with E-state index in [9.17, 15) is 8.42 Å². The molecule has 7 heteroatoms. The highest BCUT2D eigenvalue weighted by molar-refractivity contribution is 7.89. The zero-order valence-electron chi connectivity index (χ0n) is 10.5. The van der Waals surface area contributed by atoms with Crippen LogP contribution in [-0.4, -0.2) is 24.9 Å². The van der Waals surface area contributed by atoms with Gasteiger partial charge in [0, 0.05) is 18.1 Å². The normalized spacial score (nSPS) is 12.0. The van der Waals surface area contributed by atoms with Crippen LogP contribution in [-0.2, 0) is 16.6 Å². The Morgan fingerprint density at radius 2 is 1.95 bits per heavy atom. The minimum Gasteiger partial charge on any atom is -0.361 e. The SMILES string of the molecule is Cc1cc(CN(C)S(=O)(=O)c2ccc(Cl)cc2)no1. The lowest BCUT2D eigenvalue weighted by Crippen LogP contribution is -2.26. The second kappa shape index (κ2) is 5.32. The molecule has 1 aromatic heterocycles. The Kier molecular flexibility index (Phi) is 3.93. The van der Waals surface area contributed by atoms with Crippen molar-refractivity contribution in [3.05, 3.63) is 46.8 Å². The maximum atomic E-state index is 12.3. The quantitative estimate of drug-likeness (QED) is 0.870. The van der Waals surface area contributed by atoms with E-state index in [4.69, 9.17) is 16.1 Å². The predicted octanol–water partition coefficient (Wildman–Crippen LogP) is 2.46. The largest absolute Gasteiger partial charge is 0.361 e. The first-order chi connectivity index (χ1) is 8.89. The van der Waals surface area contributed by atoms with Crippen LogP contribution in [0.2, 0.25) is 5.02 Å². The number of hydrogen-bond acceptors (Lipinski definition) is 4. The molecule has 0 aliphatic heterocycles. The van der Waals surface area contributed by atoms with Crippen molar-refractivity contribution in [2.75, 3.05) is 7.05 Å². The van der Waals surface area contributed by atoms with E-state index >= 15 is 0 Å². The lowest BCUT2D eigenvalue weighted by Gasteiger charge is -2.15. The van der Waals surface area contributed by atoms with Crippen LogP contribution >= 0.6 is 11.6 Å². The topological polar surface area (TPSA) is 63.4 Å². The second-order valence-electron chi connectivity index (χ2n) is 4.14. The summed E-state index contributed by atoms with van der Waals surface area (Å²) in [5.74, 6) is 0.646. The van der Waals surface area contributed by atoms with Gasteiger partial charge < -0.3 is 4.52 Å². The molecule has 0 spiro atoms. The molecule has 0 radical (unpaired) electrons. The zero-order chi connectivity index (χ0) is 14.0. The van der Waals surface area contributed by atoms with Gasteiger partial charge in [-0.15, -0.1) is 0 Å². The molecule has 0 saturated heterocycles. The van der Waals surface area contributed by atoms with E-state index in [1.807, 2.05) is 0 Å². The molecule has 5 nitrogen and oxygen atoms in total. The molecule has 0 bridgehead atoms. The average Bonchev–Trinajstić information content (AvgIpc) is 2.75. The molecule has 0 amide bonds. The van der Waals surface area contributed by atoms with Crippen LogP contribution in [0.1, 0.15) is 11.5 Å². The Bertz CT molecular complexity index is 665. The molecular formula is C12H13ClN2O3S. The first-order valence-corrected chi connectivity index (χ1v) is 7.35. The van der Waals surface area contributed by atoms with Crippen molar-refractivity contribution in [1.82, 2.24) is 9.46 Å². The molecule has 0 aliphatic carbocycles. The third-order valence-corrected chi connectivity index (χ3v) is 4.65. The van der Waals surface area contributed by atoms with Gasteiger partial charge in [-0.2, -0.15) is 4.31 Å². The van der Waals surface area contributed by atoms with E-state index < -0.39 is 10.0 Å². The van der Waals surface area contributed by atoms with Crippen LogP contribution in [0.3, 0.4) is 0 Å². The Morgan fingerprint density at radius 1 is 1.32 bits per heavy atom. The van der Waals surface area contributed by atoms with Gasteiger partial charge in [0.05, 0.1) is 17.1 Å². The Labute approximate surface area is 116 Å². The molecule has 0 unspecified atom stereocenters. The summed E-state index contributed by atoms with van der Waals surface area (Å²) < 4.78 is 30.7. The number of halogens is 1. The standard InChI is InChI=1S/C12H13ClN2O3S/c1-9-7-11(14-18-9)8-15(2)19(16,17)12-5-3-10(13)4-6-12/h3-7H,8H2,1-2H3. The van der Waals surface area contributed by atoms with E-state index in [0.29, 0.717) is 16.5 Å². The van der Waals surface area contributed by atoms with Gasteiger partial charge in [0.1, 0.15) is 5.76 Å². The van der Waals surface area contributed by atoms with Gasteiger partial charge in [0.2, 0.25) is 10.0 Å². The van der Waals surface area contributed by atoms with Crippen molar-refractivity contribution in [3.63, 3.8) is 0 Å². The lowest BCUT2D eigenvalue weighted by atomic mass is 10.4. The fourth-order valence-electron chi connectivity index (χ4n) is 1.59. The van der Waals surface area contributed by atoms with Gasteiger partial charge in [-0.1, -0.05) is 16.8 Å². The third-order valence-electron chi connectivity index (χ3n) is 2.58. The van der Waals surface area contributed by atoms with Gasteiger partial charge in [0.15, 0.2) is 0 Å². The smallest absolute Gasteiger partial charge is 0.243 e. The fraction of sp³-hybridized carbons (Fsp3) is 0.250. The third kappa shape index (κ3) is 3.15. The Morgan fingerprint density at radius 3 is 2.47 bits per heavy atom. The van der Waals surface area contributed by atoms with E-state index in [2.05, 4.69) is 5.16 Å². The van der Waals surface area contributed by atoms with Gasteiger partial charge in [-0.3, -0.25) is 0 Å². The van der Waals surface area contributed by atoms with Crippen LogP contribution in [0, 0.1) is 6.92 Å². The zero-order valence-corrected chi connectivity index (χ0v) is 12.1. The summed E-state index contributed by atoms with van der Waals surface area (Å²) in [5, 5.41) is 4.27. The number of rotatable bonds is 4. The van der Waals surface area contributed by atoms with Crippen molar-refractivity contribution in [2.24, 2.45) is 0 Å². The molecule has 1 aromatic carbocycles. The summed E-state index contributed by atoms with van der Waals surface area (Å²) >= 11 is 5.74. The molecule has 0 fully saturated rings. The number of nitrogens with zero attached hydrogens (tertiary/aromatic N) is 2. The first-order valence-electron chi connectivity index (χ1n) is 5.54. The summed E-state index contributed by atoms with van der Waals surface area (Å²) in [4.78, 5) is 0.194. The van der Waals surface area contributed by atoms with Crippen molar-refractivity contribution >= 4 is 21.6 Å². The van der Waals surface area contributed by atoms with Crippen LogP contribution in [0.4, 0.5) is 0 Å². The summed E-state index contributed by atoms with van der Waals surface area (Å²) in [6, 6.07) is 7.74. The van der Waals surface area contributed by atoms with Crippen molar-refractivity contribution < 1.29 is 12.9 Å². The molecule has 0 atom stereocenters. The van der Waals surface area contributed by atoms with Crippen molar-refractivity contribution in [1.29, 1.82) is 0 Å². The highest BCUT2D eigenvalue weighted by Crippen LogP contribution is 2.19. The highest BCUT2D eigenvalue weighted by Gasteiger charge is 2.21. The summed E-state index contributed by atoms with van der Waals surface area (Å²) in [6.07, 6.45) is 0. The van der Waals surface area contributed by atoms with E-state index in [-0.39, 0.29) is 11.4 Å². The highest BCUT2D eigenvalue weighted by atomic mass is 35.5. The predicted molar refractivity (Wildman–Crippen MR) is 71.3 cm³/mol. The molecule has 2 rings (SSSR count). The van der Waals surface area contributed by atoms with Gasteiger partial charge >= 0.3 is 0 Å². The van der Waals surface area contributed by atoms with Crippen LogP contribution < -0.4 is 0 Å². The number of aromatic nitrogens is 1. The molecule has 19 heavy (non-hydrogen) atoms. The van der Waals surface area contributed by atoms with Crippen molar-refractivity contribution in [2.45, 2.75) is 18.4 Å². The molecule has 102 valence electrons. The van der Waals surface area contributed by atoms with Gasteiger partial charge in [-0.05, 0) is 31.2 Å².